The standard InChI is InChI=1S/C7H16N2O.C2H6/c1-3-4-5-6-9-7(10)8-2;1-2/h3-6H2,1-2H3,(H2,8,9,10);1-2H3. The molecule has 0 aromatic carbocycles. The van der Waals surface area contributed by atoms with Gasteiger partial charge in [-0.1, -0.05) is 33.6 Å². The Kier molecular flexibility index (Phi) is 14.9. The number of nitrogens with one attached hydrogen (secondary N) is 2. The molecule has 0 aliphatic carbocycles. The van der Waals surface area contributed by atoms with E-state index in [1.54, 1.807) is 7.05 Å². The third kappa shape index (κ3) is 12.0. The quantitative estimate of drug-likeness (QED) is 0.630. The van der Waals surface area contributed by atoms with Gasteiger partial charge in [0.2, 0.25) is 0 Å². The number of unbranched alkanes of at least 4 members (excludes halogenated alkanes) is 2. The SMILES string of the molecule is CC.CCCCCNC(=O)NC. The largest absolute Gasteiger partial charge is 0.341 e. The zero-order valence-corrected chi connectivity index (χ0v) is 8.74. The highest BCUT2D eigenvalue weighted by Crippen LogP contribution is 1.90. The molecule has 0 atom stereocenters. The minimum absolute atomic E-state index is 0.0869. The Bertz CT molecular complexity index is 94.5. The second-order valence-corrected chi connectivity index (χ2v) is 2.21. The van der Waals surface area contributed by atoms with Crippen LogP contribution in [-0.4, -0.2) is 19.6 Å². The average Bonchev–Trinajstić information content (AvgIpc) is 2.15. The predicted molar refractivity (Wildman–Crippen MR) is 53.3 cm³/mol. The number of hydrogen-bond acceptors (Lipinski definition) is 1. The molecule has 0 unspecified atom stereocenters. The first-order chi connectivity index (χ1) is 5.81. The van der Waals surface area contributed by atoms with E-state index in [-0.39, 0.29) is 6.03 Å². The fourth-order valence-corrected chi connectivity index (χ4v) is 0.665. The molecule has 0 aliphatic rings. The van der Waals surface area contributed by atoms with E-state index in [2.05, 4.69) is 17.6 Å². The van der Waals surface area contributed by atoms with Gasteiger partial charge in [0.25, 0.3) is 0 Å². The predicted octanol–water partition coefficient (Wildman–Crippen LogP) is 2.13. The van der Waals surface area contributed by atoms with Crippen molar-refractivity contribution >= 4 is 6.03 Å². The van der Waals surface area contributed by atoms with E-state index < -0.39 is 0 Å². The van der Waals surface area contributed by atoms with Gasteiger partial charge in [-0.3, -0.25) is 0 Å². The molecular formula is C9H22N2O. The van der Waals surface area contributed by atoms with E-state index in [9.17, 15) is 4.79 Å². The summed E-state index contributed by atoms with van der Waals surface area (Å²) >= 11 is 0. The van der Waals surface area contributed by atoms with Gasteiger partial charge in [-0.05, 0) is 6.42 Å². The van der Waals surface area contributed by atoms with Crippen LogP contribution in [0.1, 0.15) is 40.0 Å². The Labute approximate surface area is 75.9 Å². The van der Waals surface area contributed by atoms with Gasteiger partial charge >= 0.3 is 6.03 Å². The summed E-state index contributed by atoms with van der Waals surface area (Å²) in [6, 6.07) is -0.0869. The Hall–Kier alpha value is -0.730. The van der Waals surface area contributed by atoms with Crippen LogP contribution < -0.4 is 10.6 Å². The molecule has 0 radical (unpaired) electrons. The Morgan fingerprint density at radius 3 is 2.25 bits per heavy atom. The highest BCUT2D eigenvalue weighted by molar-refractivity contribution is 5.73. The Morgan fingerprint density at radius 1 is 1.25 bits per heavy atom. The van der Waals surface area contributed by atoms with Gasteiger partial charge in [0, 0.05) is 13.6 Å². The molecule has 2 N–H and O–H groups in total. The molecule has 12 heavy (non-hydrogen) atoms. The van der Waals surface area contributed by atoms with Crippen LogP contribution in [0, 0.1) is 0 Å². The molecule has 74 valence electrons. The fraction of sp³-hybridized carbons (Fsp3) is 0.889. The van der Waals surface area contributed by atoms with Crippen molar-refractivity contribution in [2.45, 2.75) is 40.0 Å². The van der Waals surface area contributed by atoms with Crippen LogP contribution in [0.15, 0.2) is 0 Å². The van der Waals surface area contributed by atoms with Crippen molar-refractivity contribution in [3.05, 3.63) is 0 Å². The second kappa shape index (κ2) is 12.9. The van der Waals surface area contributed by atoms with Gasteiger partial charge < -0.3 is 10.6 Å². The van der Waals surface area contributed by atoms with Gasteiger partial charge in [0.05, 0.1) is 0 Å². The first-order valence-electron chi connectivity index (χ1n) is 4.76. The van der Waals surface area contributed by atoms with Gasteiger partial charge in [-0.2, -0.15) is 0 Å². The van der Waals surface area contributed by atoms with Crippen molar-refractivity contribution < 1.29 is 4.79 Å². The number of rotatable bonds is 4. The van der Waals surface area contributed by atoms with Crippen LogP contribution in [0.25, 0.3) is 0 Å². The fourth-order valence-electron chi connectivity index (χ4n) is 0.665. The molecule has 0 saturated carbocycles. The third-order valence-corrected chi connectivity index (χ3v) is 1.29. The highest BCUT2D eigenvalue weighted by Gasteiger charge is 1.91. The summed E-state index contributed by atoms with van der Waals surface area (Å²) in [7, 11) is 1.62. The lowest BCUT2D eigenvalue weighted by Crippen LogP contribution is -2.33. The first-order valence-corrected chi connectivity index (χ1v) is 4.76. The molecule has 2 amide bonds. The molecule has 0 rings (SSSR count). The Morgan fingerprint density at radius 2 is 1.83 bits per heavy atom. The van der Waals surface area contributed by atoms with Gasteiger partial charge in [0.1, 0.15) is 0 Å². The number of amides is 2. The average molecular weight is 174 g/mol. The van der Waals surface area contributed by atoms with Crippen molar-refractivity contribution in [3.63, 3.8) is 0 Å². The van der Waals surface area contributed by atoms with Crippen LogP contribution in [0.4, 0.5) is 4.79 Å². The molecule has 0 saturated heterocycles. The van der Waals surface area contributed by atoms with E-state index in [0.717, 1.165) is 13.0 Å². The van der Waals surface area contributed by atoms with Gasteiger partial charge in [0.15, 0.2) is 0 Å². The lowest BCUT2D eigenvalue weighted by atomic mass is 10.2. The summed E-state index contributed by atoms with van der Waals surface area (Å²) in [6.45, 7) is 6.92. The van der Waals surface area contributed by atoms with Crippen LogP contribution in [0.5, 0.6) is 0 Å². The normalized spacial score (nSPS) is 8.00. The molecule has 3 nitrogen and oxygen atoms in total. The molecule has 0 aromatic rings. The van der Waals surface area contributed by atoms with Crippen molar-refractivity contribution in [3.8, 4) is 0 Å². The third-order valence-electron chi connectivity index (χ3n) is 1.29. The van der Waals surface area contributed by atoms with E-state index in [0.29, 0.717) is 0 Å². The van der Waals surface area contributed by atoms with Crippen molar-refractivity contribution in [1.29, 1.82) is 0 Å². The second-order valence-electron chi connectivity index (χ2n) is 2.21. The molecule has 0 aromatic heterocycles. The molecule has 0 bridgehead atoms. The summed E-state index contributed by atoms with van der Waals surface area (Å²) in [5.41, 5.74) is 0. The molecule has 3 heteroatoms. The molecule has 0 fully saturated rings. The summed E-state index contributed by atoms with van der Waals surface area (Å²) in [5.74, 6) is 0. The molecule has 0 aliphatic heterocycles. The van der Waals surface area contributed by atoms with Crippen molar-refractivity contribution in [2.75, 3.05) is 13.6 Å². The summed E-state index contributed by atoms with van der Waals surface area (Å²) in [4.78, 5) is 10.6. The lowest BCUT2D eigenvalue weighted by molar-refractivity contribution is 0.242. The monoisotopic (exact) mass is 174 g/mol. The number of urea groups is 1. The zero-order valence-electron chi connectivity index (χ0n) is 8.74. The van der Waals surface area contributed by atoms with Crippen LogP contribution in [0.3, 0.4) is 0 Å². The molecule has 0 heterocycles. The minimum atomic E-state index is -0.0869. The van der Waals surface area contributed by atoms with E-state index in [1.807, 2.05) is 13.8 Å². The summed E-state index contributed by atoms with van der Waals surface area (Å²) in [5, 5.41) is 5.21. The number of carbonyl (C=O) groups excluding carboxylic acids is 1. The van der Waals surface area contributed by atoms with Crippen LogP contribution >= 0.6 is 0 Å². The minimum Gasteiger partial charge on any atom is -0.341 e. The van der Waals surface area contributed by atoms with Crippen molar-refractivity contribution in [2.24, 2.45) is 0 Å². The lowest BCUT2D eigenvalue weighted by Gasteiger charge is -2.01. The van der Waals surface area contributed by atoms with Crippen LogP contribution in [0.2, 0.25) is 0 Å². The van der Waals surface area contributed by atoms with E-state index in [1.165, 1.54) is 12.8 Å². The maximum Gasteiger partial charge on any atom is 0.314 e. The Balaban J connectivity index is 0. The highest BCUT2D eigenvalue weighted by atomic mass is 16.2. The van der Waals surface area contributed by atoms with Gasteiger partial charge in [-0.15, -0.1) is 0 Å². The van der Waals surface area contributed by atoms with Crippen molar-refractivity contribution in [1.82, 2.24) is 10.6 Å². The first kappa shape index (κ1) is 13.8. The molecular weight excluding hydrogens is 152 g/mol. The number of hydrogen-bond donors (Lipinski definition) is 2. The maximum atomic E-state index is 10.6. The topological polar surface area (TPSA) is 41.1 Å². The summed E-state index contributed by atoms with van der Waals surface area (Å²) < 4.78 is 0. The summed E-state index contributed by atoms with van der Waals surface area (Å²) in [6.07, 6.45) is 3.45. The molecule has 0 spiro atoms. The zero-order chi connectivity index (χ0) is 9.82. The van der Waals surface area contributed by atoms with Crippen LogP contribution in [-0.2, 0) is 0 Å². The number of carbonyl (C=O) groups is 1. The van der Waals surface area contributed by atoms with Gasteiger partial charge in [-0.25, -0.2) is 4.79 Å². The smallest absolute Gasteiger partial charge is 0.314 e. The maximum absolute atomic E-state index is 10.6. The van der Waals surface area contributed by atoms with E-state index >= 15 is 0 Å². The van der Waals surface area contributed by atoms with E-state index in [4.69, 9.17) is 0 Å².